The third kappa shape index (κ3) is 2.78. The van der Waals surface area contributed by atoms with Crippen LogP contribution in [0, 0.1) is 0 Å². The van der Waals surface area contributed by atoms with Crippen molar-refractivity contribution in [3.8, 4) is 0 Å². The van der Waals surface area contributed by atoms with Crippen molar-refractivity contribution < 1.29 is 4.74 Å². The molecule has 1 atom stereocenters. The van der Waals surface area contributed by atoms with Crippen LogP contribution in [0.15, 0.2) is 6.33 Å². The van der Waals surface area contributed by atoms with Crippen molar-refractivity contribution in [1.82, 2.24) is 19.7 Å². The van der Waals surface area contributed by atoms with Gasteiger partial charge in [0.25, 0.3) is 0 Å². The van der Waals surface area contributed by atoms with Gasteiger partial charge in [0, 0.05) is 13.1 Å². The molecule has 2 N–H and O–H groups in total. The van der Waals surface area contributed by atoms with Crippen LogP contribution in [-0.2, 0) is 17.8 Å². The van der Waals surface area contributed by atoms with Gasteiger partial charge in [0.15, 0.2) is 5.82 Å². The average molecular weight is 225 g/mol. The third-order valence-corrected chi connectivity index (χ3v) is 2.83. The number of aromatic nitrogens is 3. The SMILES string of the molecule is CCN1CCOC(Cn2cnc(CN)n2)C1. The second-order valence-corrected chi connectivity index (χ2v) is 3.97. The summed E-state index contributed by atoms with van der Waals surface area (Å²) in [7, 11) is 0. The fourth-order valence-electron chi connectivity index (χ4n) is 1.90. The highest BCUT2D eigenvalue weighted by molar-refractivity contribution is 4.80. The van der Waals surface area contributed by atoms with Gasteiger partial charge in [0.1, 0.15) is 6.33 Å². The van der Waals surface area contributed by atoms with E-state index in [4.69, 9.17) is 10.5 Å². The van der Waals surface area contributed by atoms with Crippen molar-refractivity contribution in [1.29, 1.82) is 0 Å². The van der Waals surface area contributed by atoms with Gasteiger partial charge in [-0.15, -0.1) is 0 Å². The van der Waals surface area contributed by atoms with E-state index in [1.165, 1.54) is 0 Å². The highest BCUT2D eigenvalue weighted by Gasteiger charge is 2.19. The molecule has 1 aliphatic heterocycles. The van der Waals surface area contributed by atoms with Gasteiger partial charge < -0.3 is 10.5 Å². The Labute approximate surface area is 95.4 Å². The van der Waals surface area contributed by atoms with Crippen LogP contribution in [0.5, 0.6) is 0 Å². The van der Waals surface area contributed by atoms with Gasteiger partial charge in [-0.25, -0.2) is 9.67 Å². The largest absolute Gasteiger partial charge is 0.374 e. The lowest BCUT2D eigenvalue weighted by Gasteiger charge is -2.31. The molecule has 2 rings (SSSR count). The van der Waals surface area contributed by atoms with Crippen molar-refractivity contribution in [2.45, 2.75) is 26.1 Å². The summed E-state index contributed by atoms with van der Waals surface area (Å²) < 4.78 is 7.51. The maximum Gasteiger partial charge on any atom is 0.164 e. The molecular weight excluding hydrogens is 206 g/mol. The molecule has 6 nitrogen and oxygen atoms in total. The van der Waals surface area contributed by atoms with E-state index in [-0.39, 0.29) is 6.10 Å². The lowest BCUT2D eigenvalue weighted by Crippen LogP contribution is -2.44. The Morgan fingerprint density at radius 2 is 2.50 bits per heavy atom. The molecule has 0 bridgehead atoms. The van der Waals surface area contributed by atoms with E-state index in [0.29, 0.717) is 12.4 Å². The fraction of sp³-hybridized carbons (Fsp3) is 0.800. The lowest BCUT2D eigenvalue weighted by molar-refractivity contribution is -0.0358. The minimum atomic E-state index is 0.209. The van der Waals surface area contributed by atoms with Crippen LogP contribution in [0.25, 0.3) is 0 Å². The summed E-state index contributed by atoms with van der Waals surface area (Å²) in [4.78, 5) is 6.48. The van der Waals surface area contributed by atoms with Gasteiger partial charge in [0.2, 0.25) is 0 Å². The van der Waals surface area contributed by atoms with E-state index in [9.17, 15) is 0 Å². The first-order valence-corrected chi connectivity index (χ1v) is 5.74. The number of nitrogens with two attached hydrogens (primary N) is 1. The monoisotopic (exact) mass is 225 g/mol. The van der Waals surface area contributed by atoms with Crippen LogP contribution in [0.2, 0.25) is 0 Å². The number of nitrogens with zero attached hydrogens (tertiary/aromatic N) is 4. The van der Waals surface area contributed by atoms with E-state index in [2.05, 4.69) is 21.9 Å². The van der Waals surface area contributed by atoms with Crippen LogP contribution in [0.3, 0.4) is 0 Å². The Hall–Kier alpha value is -0.980. The van der Waals surface area contributed by atoms with Gasteiger partial charge >= 0.3 is 0 Å². The Balaban J connectivity index is 1.88. The van der Waals surface area contributed by atoms with Gasteiger partial charge in [-0.1, -0.05) is 6.92 Å². The molecule has 0 aromatic carbocycles. The molecule has 1 aromatic heterocycles. The molecule has 90 valence electrons. The first kappa shape index (κ1) is 11.5. The number of hydrogen-bond acceptors (Lipinski definition) is 5. The molecule has 0 aliphatic carbocycles. The van der Waals surface area contributed by atoms with Gasteiger partial charge in [-0.05, 0) is 6.54 Å². The Kier molecular flexibility index (Phi) is 3.87. The van der Waals surface area contributed by atoms with Crippen LogP contribution in [0.4, 0.5) is 0 Å². The summed E-state index contributed by atoms with van der Waals surface area (Å²) in [6.07, 6.45) is 1.93. The number of morpholine rings is 1. The summed E-state index contributed by atoms with van der Waals surface area (Å²) in [5.74, 6) is 0.683. The van der Waals surface area contributed by atoms with E-state index in [0.717, 1.165) is 32.8 Å². The Bertz CT molecular complexity index is 327. The van der Waals surface area contributed by atoms with E-state index < -0.39 is 0 Å². The molecule has 1 fully saturated rings. The molecule has 6 heteroatoms. The topological polar surface area (TPSA) is 69.2 Å². The summed E-state index contributed by atoms with van der Waals surface area (Å²) >= 11 is 0. The molecule has 1 unspecified atom stereocenters. The fourth-order valence-corrected chi connectivity index (χ4v) is 1.90. The molecule has 0 saturated carbocycles. The van der Waals surface area contributed by atoms with Crippen LogP contribution >= 0.6 is 0 Å². The average Bonchev–Trinajstić information content (AvgIpc) is 2.77. The lowest BCUT2D eigenvalue weighted by atomic mass is 10.2. The maximum absolute atomic E-state index is 5.70. The standard InChI is InChI=1S/C10H19N5O/c1-2-14-3-4-16-9(6-14)7-15-8-12-10(5-11)13-15/h8-9H,2-7,11H2,1H3. The molecule has 1 aliphatic rings. The third-order valence-electron chi connectivity index (χ3n) is 2.83. The first-order valence-electron chi connectivity index (χ1n) is 5.74. The van der Waals surface area contributed by atoms with Crippen LogP contribution in [0.1, 0.15) is 12.7 Å². The second kappa shape index (κ2) is 5.38. The molecule has 0 spiro atoms. The normalized spacial score (nSPS) is 22.5. The Morgan fingerprint density at radius 3 is 3.19 bits per heavy atom. The number of ether oxygens (including phenoxy) is 1. The van der Waals surface area contributed by atoms with Crippen molar-refractivity contribution in [2.24, 2.45) is 5.73 Å². The minimum absolute atomic E-state index is 0.209. The minimum Gasteiger partial charge on any atom is -0.374 e. The van der Waals surface area contributed by atoms with Gasteiger partial charge in [-0.3, -0.25) is 4.90 Å². The van der Waals surface area contributed by atoms with Crippen molar-refractivity contribution in [2.75, 3.05) is 26.2 Å². The summed E-state index contributed by atoms with van der Waals surface area (Å²) in [6, 6.07) is 0. The van der Waals surface area contributed by atoms with Crippen LogP contribution in [-0.4, -0.2) is 52.0 Å². The predicted octanol–water partition coefficient (Wildman–Crippen LogP) is -0.542. The second-order valence-electron chi connectivity index (χ2n) is 3.97. The molecule has 1 saturated heterocycles. The van der Waals surface area contributed by atoms with Crippen molar-refractivity contribution >= 4 is 0 Å². The molecule has 1 aromatic rings. The quantitative estimate of drug-likeness (QED) is 0.745. The molecular formula is C10H19N5O. The van der Waals surface area contributed by atoms with E-state index in [1.54, 1.807) is 6.33 Å². The first-order chi connectivity index (χ1) is 7.81. The summed E-state index contributed by atoms with van der Waals surface area (Å²) in [6.45, 7) is 7.18. The van der Waals surface area contributed by atoms with Crippen LogP contribution < -0.4 is 5.73 Å². The zero-order valence-corrected chi connectivity index (χ0v) is 9.67. The maximum atomic E-state index is 5.70. The Morgan fingerprint density at radius 1 is 1.62 bits per heavy atom. The van der Waals surface area contributed by atoms with Crippen molar-refractivity contribution in [3.63, 3.8) is 0 Å². The summed E-state index contributed by atoms with van der Waals surface area (Å²) in [5, 5.41) is 4.26. The number of hydrogen-bond donors (Lipinski definition) is 1. The predicted molar refractivity (Wildman–Crippen MR) is 59.8 cm³/mol. The smallest absolute Gasteiger partial charge is 0.164 e. The van der Waals surface area contributed by atoms with Gasteiger partial charge in [0.05, 0.1) is 25.8 Å². The van der Waals surface area contributed by atoms with E-state index in [1.807, 2.05) is 4.68 Å². The molecule has 2 heterocycles. The number of rotatable bonds is 4. The molecule has 0 radical (unpaired) electrons. The number of likely N-dealkylation sites (N-methyl/N-ethyl adjacent to an activating group) is 1. The molecule has 16 heavy (non-hydrogen) atoms. The van der Waals surface area contributed by atoms with E-state index >= 15 is 0 Å². The van der Waals surface area contributed by atoms with Gasteiger partial charge in [-0.2, -0.15) is 5.10 Å². The highest BCUT2D eigenvalue weighted by atomic mass is 16.5. The molecule has 0 amide bonds. The zero-order chi connectivity index (χ0) is 11.4. The highest BCUT2D eigenvalue weighted by Crippen LogP contribution is 2.06. The zero-order valence-electron chi connectivity index (χ0n) is 9.67. The summed E-state index contributed by atoms with van der Waals surface area (Å²) in [5.41, 5.74) is 5.46. The van der Waals surface area contributed by atoms with Crippen molar-refractivity contribution in [3.05, 3.63) is 12.2 Å².